The van der Waals surface area contributed by atoms with E-state index in [1.54, 1.807) is 11.0 Å². The van der Waals surface area contributed by atoms with E-state index in [1.165, 1.54) is 12.3 Å². The van der Waals surface area contributed by atoms with Crippen LogP contribution in [0.4, 0.5) is 20.2 Å². The first-order valence-corrected chi connectivity index (χ1v) is 10.8. The lowest BCUT2D eigenvalue weighted by atomic mass is 9.67. The van der Waals surface area contributed by atoms with E-state index in [2.05, 4.69) is 15.6 Å². The summed E-state index contributed by atoms with van der Waals surface area (Å²) >= 11 is 0. The quantitative estimate of drug-likeness (QED) is 0.674. The molecular formula is C23H25F2N5O2. The van der Waals surface area contributed by atoms with Crippen LogP contribution in [0.5, 0.6) is 0 Å². The molecule has 1 aromatic carbocycles. The molecule has 1 aromatic heterocycles. The van der Waals surface area contributed by atoms with Gasteiger partial charge in [0.2, 0.25) is 5.91 Å². The normalized spacial score (nSPS) is 23.5. The predicted octanol–water partition coefficient (Wildman–Crippen LogP) is 3.62. The average Bonchev–Trinajstić information content (AvgIpc) is 2.74. The highest BCUT2D eigenvalue weighted by Gasteiger charge is 2.51. The third-order valence-corrected chi connectivity index (χ3v) is 6.54. The highest BCUT2D eigenvalue weighted by atomic mass is 19.3. The highest BCUT2D eigenvalue weighted by Crippen LogP contribution is 2.47. The van der Waals surface area contributed by atoms with Gasteiger partial charge in [0.1, 0.15) is 5.69 Å². The van der Waals surface area contributed by atoms with Gasteiger partial charge in [-0.2, -0.15) is 8.78 Å². The third kappa shape index (κ3) is 3.50. The lowest BCUT2D eigenvalue weighted by Gasteiger charge is -2.51. The van der Waals surface area contributed by atoms with Gasteiger partial charge < -0.3 is 15.4 Å². The summed E-state index contributed by atoms with van der Waals surface area (Å²) in [6.45, 7) is 2.04. The lowest BCUT2D eigenvalue weighted by molar-refractivity contribution is -0.134. The standard InChI is InChI=1S/C23H25F2N5O2/c1-22(24,25)19-6-5-14(13-27-19)28-18-4-2-3-17-16(18)11-23(17)12-20(31)30(21(26)29-23)15-7-9-32-10-8-15/h2-6,13,15,28H,7-12H2,1H3,(H2,26,29)/t23-/m0/s1. The molecule has 3 heterocycles. The van der Waals surface area contributed by atoms with Crippen LogP contribution in [0.2, 0.25) is 0 Å². The Morgan fingerprint density at radius 2 is 2.03 bits per heavy atom. The van der Waals surface area contributed by atoms with E-state index < -0.39 is 11.5 Å². The molecule has 168 valence electrons. The maximum Gasteiger partial charge on any atom is 0.286 e. The van der Waals surface area contributed by atoms with Crippen molar-refractivity contribution in [2.24, 2.45) is 0 Å². The Hall–Kier alpha value is -3.07. The van der Waals surface area contributed by atoms with Crippen molar-refractivity contribution in [3.05, 3.63) is 53.3 Å². The number of rotatable bonds is 4. The van der Waals surface area contributed by atoms with Gasteiger partial charge in [0, 0.05) is 38.3 Å². The second-order valence-electron chi connectivity index (χ2n) is 8.79. The molecular weight excluding hydrogens is 416 g/mol. The van der Waals surface area contributed by atoms with Crippen LogP contribution in [-0.4, -0.2) is 41.0 Å². The van der Waals surface area contributed by atoms with Crippen molar-refractivity contribution < 1.29 is 18.3 Å². The van der Waals surface area contributed by atoms with E-state index in [-0.39, 0.29) is 23.6 Å². The number of aromatic nitrogens is 1. The Kier molecular flexibility index (Phi) is 4.88. The molecule has 0 saturated carbocycles. The van der Waals surface area contributed by atoms with E-state index in [1.807, 2.05) is 18.2 Å². The molecule has 2 aromatic rings. The first kappa shape index (κ1) is 20.8. The molecule has 32 heavy (non-hydrogen) atoms. The fourth-order valence-electron chi connectivity index (χ4n) is 4.91. The van der Waals surface area contributed by atoms with Gasteiger partial charge in [-0.25, -0.2) is 0 Å². The maximum atomic E-state index is 13.4. The molecule has 3 aliphatic rings. The number of hydrogen-bond donors (Lipinski definition) is 3. The Bertz CT molecular complexity index is 1040. The number of carbonyl (C=O) groups is 1. The molecule has 5 rings (SSSR count). The number of ether oxygens (including phenoxy) is 1. The zero-order valence-electron chi connectivity index (χ0n) is 17.8. The molecule has 9 heteroatoms. The van der Waals surface area contributed by atoms with E-state index in [9.17, 15) is 13.6 Å². The minimum atomic E-state index is -2.98. The number of nitrogens with one attached hydrogen (secondary N) is 3. The first-order chi connectivity index (χ1) is 15.3. The second kappa shape index (κ2) is 7.51. The van der Waals surface area contributed by atoms with Crippen molar-refractivity contribution in [3.63, 3.8) is 0 Å². The molecule has 3 N–H and O–H groups in total. The van der Waals surface area contributed by atoms with Gasteiger partial charge in [-0.1, -0.05) is 12.1 Å². The van der Waals surface area contributed by atoms with Crippen LogP contribution in [0.3, 0.4) is 0 Å². The van der Waals surface area contributed by atoms with Gasteiger partial charge >= 0.3 is 0 Å². The van der Waals surface area contributed by atoms with Gasteiger partial charge in [-0.3, -0.25) is 20.1 Å². The molecule has 0 radical (unpaired) electrons. The van der Waals surface area contributed by atoms with Crippen LogP contribution < -0.4 is 10.6 Å². The van der Waals surface area contributed by atoms with Crippen LogP contribution in [0.15, 0.2) is 36.5 Å². The Balaban J connectivity index is 1.34. The van der Waals surface area contributed by atoms with E-state index >= 15 is 0 Å². The minimum Gasteiger partial charge on any atom is -0.381 e. The van der Waals surface area contributed by atoms with Crippen molar-refractivity contribution in [3.8, 4) is 0 Å². The van der Waals surface area contributed by atoms with Crippen molar-refractivity contribution in [2.45, 2.75) is 50.1 Å². The Morgan fingerprint density at radius 1 is 1.25 bits per heavy atom. The van der Waals surface area contributed by atoms with Gasteiger partial charge in [0.05, 0.1) is 23.8 Å². The minimum absolute atomic E-state index is 0.00659. The smallest absolute Gasteiger partial charge is 0.286 e. The van der Waals surface area contributed by atoms with Crippen LogP contribution in [0, 0.1) is 5.41 Å². The summed E-state index contributed by atoms with van der Waals surface area (Å²) in [4.78, 5) is 18.5. The number of pyridine rings is 1. The molecule has 2 saturated heterocycles. The summed E-state index contributed by atoms with van der Waals surface area (Å²) < 4.78 is 32.2. The molecule has 2 fully saturated rings. The van der Waals surface area contributed by atoms with Gasteiger partial charge in [0.25, 0.3) is 5.92 Å². The Labute approximate surface area is 184 Å². The van der Waals surface area contributed by atoms with Gasteiger partial charge in [-0.15, -0.1) is 0 Å². The summed E-state index contributed by atoms with van der Waals surface area (Å²) in [5.74, 6) is -2.87. The number of amides is 1. The summed E-state index contributed by atoms with van der Waals surface area (Å²) in [7, 11) is 0. The number of nitrogens with zero attached hydrogens (tertiary/aromatic N) is 2. The van der Waals surface area contributed by atoms with Crippen molar-refractivity contribution >= 4 is 23.2 Å². The lowest BCUT2D eigenvalue weighted by Crippen LogP contribution is -2.66. The topological polar surface area (TPSA) is 90.3 Å². The summed E-state index contributed by atoms with van der Waals surface area (Å²) in [6.07, 6.45) is 3.77. The average molecular weight is 441 g/mol. The van der Waals surface area contributed by atoms with Crippen LogP contribution >= 0.6 is 0 Å². The van der Waals surface area contributed by atoms with Crippen molar-refractivity contribution in [1.82, 2.24) is 15.2 Å². The number of carbonyl (C=O) groups excluding carboxylic acids is 1. The molecule has 0 bridgehead atoms. The SMILES string of the molecule is CC(F)(F)c1ccc(Nc2cccc3c2C[C@]32CC(=O)N(C3CCOCC3)C(=N)N2)cn1. The number of halogens is 2. The van der Waals surface area contributed by atoms with E-state index in [0.717, 1.165) is 36.6 Å². The zero-order valence-corrected chi connectivity index (χ0v) is 17.8. The molecule has 2 aliphatic heterocycles. The number of benzene rings is 1. The van der Waals surface area contributed by atoms with Crippen molar-refractivity contribution in [1.29, 1.82) is 5.41 Å². The predicted molar refractivity (Wildman–Crippen MR) is 115 cm³/mol. The summed E-state index contributed by atoms with van der Waals surface area (Å²) in [6, 6.07) is 8.68. The monoisotopic (exact) mass is 441 g/mol. The van der Waals surface area contributed by atoms with E-state index in [4.69, 9.17) is 10.1 Å². The fraction of sp³-hybridized carbons (Fsp3) is 0.435. The molecule has 1 spiro atoms. The largest absolute Gasteiger partial charge is 0.381 e. The van der Waals surface area contributed by atoms with Crippen molar-refractivity contribution in [2.75, 3.05) is 18.5 Å². The van der Waals surface area contributed by atoms with Crippen LogP contribution in [-0.2, 0) is 27.4 Å². The number of alkyl halides is 2. The molecule has 7 nitrogen and oxygen atoms in total. The highest BCUT2D eigenvalue weighted by molar-refractivity contribution is 6.00. The molecule has 1 amide bonds. The van der Waals surface area contributed by atoms with Gasteiger partial charge in [-0.05, 0) is 42.2 Å². The fourth-order valence-corrected chi connectivity index (χ4v) is 4.91. The third-order valence-electron chi connectivity index (χ3n) is 6.54. The first-order valence-electron chi connectivity index (χ1n) is 10.8. The molecule has 1 aliphatic carbocycles. The van der Waals surface area contributed by atoms with Crippen LogP contribution in [0.1, 0.15) is 43.0 Å². The number of hydrogen-bond acceptors (Lipinski definition) is 5. The Morgan fingerprint density at radius 3 is 2.69 bits per heavy atom. The van der Waals surface area contributed by atoms with Gasteiger partial charge in [0.15, 0.2) is 5.96 Å². The molecule has 0 unspecified atom stereocenters. The number of anilines is 2. The van der Waals surface area contributed by atoms with E-state index in [0.29, 0.717) is 31.7 Å². The molecule has 1 atom stereocenters. The summed E-state index contributed by atoms with van der Waals surface area (Å²) in [5, 5.41) is 15.1. The maximum absolute atomic E-state index is 13.4. The summed E-state index contributed by atoms with van der Waals surface area (Å²) in [5.41, 5.74) is 2.63. The van der Waals surface area contributed by atoms with Crippen LogP contribution in [0.25, 0.3) is 0 Å². The number of fused-ring (bicyclic) bond motifs is 2. The second-order valence-corrected chi connectivity index (χ2v) is 8.79. The zero-order chi connectivity index (χ0) is 22.5. The number of guanidine groups is 1.